The standard InChI is InChI=1S/C16H18FN5/c1-9(2)18-15-14-10(3)21-22(16(14)20-11(4)19-15)13-7-5-12(17)6-8-13/h5-9H,1-4H3,(H,18,19,20). The van der Waals surface area contributed by atoms with Crippen molar-refractivity contribution in [2.24, 2.45) is 0 Å². The van der Waals surface area contributed by atoms with E-state index in [4.69, 9.17) is 0 Å². The molecule has 0 saturated carbocycles. The van der Waals surface area contributed by atoms with Crippen molar-refractivity contribution in [3.63, 3.8) is 0 Å². The average molecular weight is 299 g/mol. The van der Waals surface area contributed by atoms with Gasteiger partial charge in [-0.3, -0.25) is 0 Å². The zero-order valence-corrected chi connectivity index (χ0v) is 13.1. The third-order valence-electron chi connectivity index (χ3n) is 3.31. The van der Waals surface area contributed by atoms with Crippen LogP contribution in [0.25, 0.3) is 16.7 Å². The highest BCUT2D eigenvalue weighted by molar-refractivity contribution is 5.90. The van der Waals surface area contributed by atoms with Gasteiger partial charge < -0.3 is 5.32 Å². The Hall–Kier alpha value is -2.50. The molecule has 22 heavy (non-hydrogen) atoms. The minimum atomic E-state index is -0.273. The lowest BCUT2D eigenvalue weighted by molar-refractivity contribution is 0.627. The summed E-state index contributed by atoms with van der Waals surface area (Å²) < 4.78 is 14.9. The zero-order chi connectivity index (χ0) is 15.9. The van der Waals surface area contributed by atoms with Gasteiger partial charge in [-0.05, 0) is 52.0 Å². The Morgan fingerprint density at radius 3 is 2.41 bits per heavy atom. The lowest BCUT2D eigenvalue weighted by Gasteiger charge is -2.11. The zero-order valence-electron chi connectivity index (χ0n) is 13.1. The Labute approximate surface area is 128 Å². The first-order chi connectivity index (χ1) is 10.5. The molecule has 0 atom stereocenters. The van der Waals surface area contributed by atoms with Crippen LogP contribution in [-0.4, -0.2) is 25.8 Å². The Kier molecular flexibility index (Phi) is 3.52. The van der Waals surface area contributed by atoms with E-state index in [0.29, 0.717) is 5.82 Å². The summed E-state index contributed by atoms with van der Waals surface area (Å²) in [6.07, 6.45) is 0. The lowest BCUT2D eigenvalue weighted by Crippen LogP contribution is -2.12. The smallest absolute Gasteiger partial charge is 0.168 e. The molecule has 0 fully saturated rings. The Balaban J connectivity index is 2.25. The fourth-order valence-electron chi connectivity index (χ4n) is 2.43. The van der Waals surface area contributed by atoms with Crippen LogP contribution in [0.1, 0.15) is 25.4 Å². The molecule has 3 aromatic rings. The number of fused-ring (bicyclic) bond motifs is 1. The highest BCUT2D eigenvalue weighted by Gasteiger charge is 2.16. The molecule has 0 amide bonds. The van der Waals surface area contributed by atoms with E-state index in [2.05, 4.69) is 34.2 Å². The molecule has 2 aromatic heterocycles. The van der Waals surface area contributed by atoms with Crippen molar-refractivity contribution in [1.29, 1.82) is 0 Å². The van der Waals surface area contributed by atoms with Crippen LogP contribution in [0.2, 0.25) is 0 Å². The van der Waals surface area contributed by atoms with E-state index in [9.17, 15) is 4.39 Å². The van der Waals surface area contributed by atoms with Crippen LogP contribution in [0.3, 0.4) is 0 Å². The molecule has 6 heteroatoms. The van der Waals surface area contributed by atoms with Gasteiger partial charge >= 0.3 is 0 Å². The summed E-state index contributed by atoms with van der Waals surface area (Å²) in [7, 11) is 0. The Morgan fingerprint density at radius 1 is 1.09 bits per heavy atom. The predicted octanol–water partition coefficient (Wildman–Crippen LogP) is 3.39. The van der Waals surface area contributed by atoms with Gasteiger partial charge in [0.05, 0.1) is 16.8 Å². The maximum absolute atomic E-state index is 13.1. The fraction of sp³-hybridized carbons (Fsp3) is 0.312. The van der Waals surface area contributed by atoms with E-state index in [1.807, 2.05) is 13.8 Å². The molecule has 0 aliphatic heterocycles. The molecule has 0 aliphatic rings. The average Bonchev–Trinajstić information content (AvgIpc) is 2.76. The molecule has 0 bridgehead atoms. The number of nitrogens with one attached hydrogen (secondary N) is 1. The van der Waals surface area contributed by atoms with Crippen LogP contribution < -0.4 is 5.32 Å². The molecular weight excluding hydrogens is 281 g/mol. The monoisotopic (exact) mass is 299 g/mol. The number of hydrogen-bond donors (Lipinski definition) is 1. The van der Waals surface area contributed by atoms with E-state index >= 15 is 0 Å². The first-order valence-corrected chi connectivity index (χ1v) is 7.22. The molecule has 3 rings (SSSR count). The molecule has 0 saturated heterocycles. The quantitative estimate of drug-likeness (QED) is 0.805. The normalized spacial score (nSPS) is 11.4. The summed E-state index contributed by atoms with van der Waals surface area (Å²) in [5.74, 6) is 1.17. The second-order valence-electron chi connectivity index (χ2n) is 5.59. The first-order valence-electron chi connectivity index (χ1n) is 7.22. The highest BCUT2D eigenvalue weighted by atomic mass is 19.1. The minimum absolute atomic E-state index is 0.256. The van der Waals surface area contributed by atoms with Crippen LogP contribution in [0, 0.1) is 19.7 Å². The van der Waals surface area contributed by atoms with E-state index < -0.39 is 0 Å². The van der Waals surface area contributed by atoms with Crippen molar-refractivity contribution in [3.8, 4) is 5.69 Å². The van der Waals surface area contributed by atoms with Gasteiger partial charge in [0.15, 0.2) is 5.65 Å². The van der Waals surface area contributed by atoms with Crippen molar-refractivity contribution in [2.75, 3.05) is 5.32 Å². The lowest BCUT2D eigenvalue weighted by atomic mass is 10.2. The molecule has 0 radical (unpaired) electrons. The molecule has 0 unspecified atom stereocenters. The van der Waals surface area contributed by atoms with Gasteiger partial charge in [0.2, 0.25) is 0 Å². The summed E-state index contributed by atoms with van der Waals surface area (Å²) in [4.78, 5) is 9.01. The van der Waals surface area contributed by atoms with Gasteiger partial charge in [-0.25, -0.2) is 19.0 Å². The molecule has 0 aliphatic carbocycles. The third kappa shape index (κ3) is 2.52. The van der Waals surface area contributed by atoms with Crippen molar-refractivity contribution < 1.29 is 4.39 Å². The number of hydrogen-bond acceptors (Lipinski definition) is 4. The topological polar surface area (TPSA) is 55.6 Å². The van der Waals surface area contributed by atoms with Crippen LogP contribution in [-0.2, 0) is 0 Å². The predicted molar refractivity (Wildman–Crippen MR) is 84.9 cm³/mol. The van der Waals surface area contributed by atoms with Gasteiger partial charge in [-0.1, -0.05) is 0 Å². The maximum Gasteiger partial charge on any atom is 0.168 e. The van der Waals surface area contributed by atoms with Gasteiger partial charge in [0, 0.05) is 6.04 Å². The third-order valence-corrected chi connectivity index (χ3v) is 3.31. The highest BCUT2D eigenvalue weighted by Crippen LogP contribution is 2.26. The number of aromatic nitrogens is 4. The largest absolute Gasteiger partial charge is 0.367 e. The van der Waals surface area contributed by atoms with Gasteiger partial charge in [0.25, 0.3) is 0 Å². The molecule has 5 nitrogen and oxygen atoms in total. The number of halogens is 1. The van der Waals surface area contributed by atoms with Gasteiger partial charge in [0.1, 0.15) is 17.5 Å². The minimum Gasteiger partial charge on any atom is -0.367 e. The fourth-order valence-corrected chi connectivity index (χ4v) is 2.43. The van der Waals surface area contributed by atoms with Gasteiger partial charge in [-0.2, -0.15) is 5.10 Å². The number of aryl methyl sites for hydroxylation is 2. The second kappa shape index (κ2) is 5.36. The molecule has 0 spiro atoms. The van der Waals surface area contributed by atoms with E-state index in [1.54, 1.807) is 16.8 Å². The van der Waals surface area contributed by atoms with Gasteiger partial charge in [-0.15, -0.1) is 0 Å². The van der Waals surface area contributed by atoms with Crippen molar-refractivity contribution in [3.05, 3.63) is 41.6 Å². The number of nitrogens with zero attached hydrogens (tertiary/aromatic N) is 4. The summed E-state index contributed by atoms with van der Waals surface area (Å²) in [5.41, 5.74) is 2.33. The number of anilines is 1. The summed E-state index contributed by atoms with van der Waals surface area (Å²) in [6.45, 7) is 7.89. The second-order valence-corrected chi connectivity index (χ2v) is 5.59. The summed E-state index contributed by atoms with van der Waals surface area (Å²) in [6, 6.07) is 6.47. The molecule has 1 N–H and O–H groups in total. The molecular formula is C16H18FN5. The van der Waals surface area contributed by atoms with Crippen molar-refractivity contribution >= 4 is 16.9 Å². The molecule has 1 aromatic carbocycles. The summed E-state index contributed by atoms with van der Waals surface area (Å²) in [5, 5.41) is 8.78. The van der Waals surface area contributed by atoms with Crippen LogP contribution >= 0.6 is 0 Å². The maximum atomic E-state index is 13.1. The van der Waals surface area contributed by atoms with Crippen molar-refractivity contribution in [1.82, 2.24) is 19.7 Å². The van der Waals surface area contributed by atoms with Crippen LogP contribution in [0.4, 0.5) is 10.2 Å². The van der Waals surface area contributed by atoms with Crippen LogP contribution in [0.5, 0.6) is 0 Å². The molecule has 114 valence electrons. The number of rotatable bonds is 3. The first kappa shape index (κ1) is 14.4. The van der Waals surface area contributed by atoms with E-state index in [0.717, 1.165) is 28.2 Å². The SMILES string of the molecule is Cc1nc(NC(C)C)c2c(C)nn(-c3ccc(F)cc3)c2n1. The Bertz CT molecular complexity index is 821. The van der Waals surface area contributed by atoms with E-state index in [-0.39, 0.29) is 11.9 Å². The summed E-state index contributed by atoms with van der Waals surface area (Å²) >= 11 is 0. The molecule has 2 heterocycles. The number of benzene rings is 1. The van der Waals surface area contributed by atoms with E-state index in [1.165, 1.54) is 12.1 Å². The Morgan fingerprint density at radius 2 is 1.77 bits per heavy atom. The van der Waals surface area contributed by atoms with Crippen molar-refractivity contribution in [2.45, 2.75) is 33.7 Å². The van der Waals surface area contributed by atoms with Crippen LogP contribution in [0.15, 0.2) is 24.3 Å².